The van der Waals surface area contributed by atoms with Crippen molar-refractivity contribution in [2.24, 2.45) is 0 Å². The summed E-state index contributed by atoms with van der Waals surface area (Å²) in [5.74, 6) is 2.68. The molecule has 0 amide bonds. The number of oxazole rings is 1. The zero-order valence-corrected chi connectivity index (χ0v) is 14.8. The maximum Gasteiger partial charge on any atom is 0.232 e. The highest BCUT2D eigenvalue weighted by molar-refractivity contribution is 7.08. The molecule has 3 rings (SSSR count). The van der Waals surface area contributed by atoms with E-state index < -0.39 is 0 Å². The summed E-state index contributed by atoms with van der Waals surface area (Å²) in [5, 5.41) is 11.2. The van der Waals surface area contributed by atoms with E-state index in [1.807, 2.05) is 30.8 Å². The molecule has 1 N–H and O–H groups in total. The molecular weight excluding hydrogens is 336 g/mol. The Balaban J connectivity index is 0.00000192. The molecule has 0 saturated carbocycles. The van der Waals surface area contributed by atoms with Crippen molar-refractivity contribution in [1.29, 1.82) is 0 Å². The molecule has 0 aliphatic carbocycles. The molecule has 23 heavy (non-hydrogen) atoms. The highest BCUT2D eigenvalue weighted by atomic mass is 35.5. The molecule has 0 bridgehead atoms. The molecule has 0 radical (unpaired) electrons. The van der Waals surface area contributed by atoms with Gasteiger partial charge in [0.2, 0.25) is 11.8 Å². The number of likely N-dealkylation sites (N-methyl/N-ethyl adjacent to an activating group) is 1. The number of hydrogen-bond donors (Lipinski definition) is 1. The number of nitrogens with zero attached hydrogens (tertiary/aromatic N) is 3. The molecule has 6 nitrogen and oxygen atoms in total. The second-order valence-electron chi connectivity index (χ2n) is 5.21. The quantitative estimate of drug-likeness (QED) is 0.732. The van der Waals surface area contributed by atoms with Crippen LogP contribution in [0, 0.1) is 6.92 Å². The van der Waals surface area contributed by atoms with E-state index >= 15 is 0 Å². The summed E-state index contributed by atoms with van der Waals surface area (Å²) in [6.07, 6.45) is 1.22. The van der Waals surface area contributed by atoms with E-state index in [-0.39, 0.29) is 12.4 Å². The Morgan fingerprint density at radius 3 is 2.87 bits per heavy atom. The maximum atomic E-state index is 5.72. The zero-order valence-electron chi connectivity index (χ0n) is 13.2. The minimum absolute atomic E-state index is 0. The Morgan fingerprint density at radius 2 is 2.17 bits per heavy atom. The molecule has 0 aliphatic heterocycles. The first kappa shape index (κ1) is 17.7. The first-order valence-corrected chi connectivity index (χ1v) is 8.07. The van der Waals surface area contributed by atoms with E-state index in [4.69, 9.17) is 8.94 Å². The molecule has 0 spiro atoms. The summed E-state index contributed by atoms with van der Waals surface area (Å²) >= 11 is 1.62. The lowest BCUT2D eigenvalue weighted by atomic mass is 10.2. The molecule has 8 heteroatoms. The molecule has 1 unspecified atom stereocenters. The Morgan fingerprint density at radius 1 is 1.35 bits per heavy atom. The molecule has 3 aromatic rings. The number of halogens is 1. The van der Waals surface area contributed by atoms with Crippen LogP contribution < -0.4 is 5.32 Å². The second-order valence-corrected chi connectivity index (χ2v) is 5.99. The van der Waals surface area contributed by atoms with Crippen LogP contribution in [-0.4, -0.2) is 28.2 Å². The van der Waals surface area contributed by atoms with Crippen LogP contribution in [0.5, 0.6) is 0 Å². The fourth-order valence-corrected chi connectivity index (χ4v) is 2.70. The van der Waals surface area contributed by atoms with Crippen LogP contribution in [0.4, 0.5) is 0 Å². The Labute approximate surface area is 144 Å². The van der Waals surface area contributed by atoms with Crippen LogP contribution in [-0.2, 0) is 12.8 Å². The van der Waals surface area contributed by atoms with E-state index in [0.717, 1.165) is 23.4 Å². The van der Waals surface area contributed by atoms with E-state index in [1.54, 1.807) is 11.3 Å². The molecule has 0 saturated heterocycles. The third-order valence-electron chi connectivity index (χ3n) is 3.47. The SMILES string of the molecule is CNC(C)Cc1noc(Cc2nc(-c3ccsc3)oc2C)n1.Cl. The van der Waals surface area contributed by atoms with E-state index in [1.165, 1.54) is 0 Å². The number of hydrogen-bond acceptors (Lipinski definition) is 7. The van der Waals surface area contributed by atoms with Crippen LogP contribution in [0.2, 0.25) is 0 Å². The normalized spacial score (nSPS) is 12.1. The minimum Gasteiger partial charge on any atom is -0.441 e. The van der Waals surface area contributed by atoms with E-state index in [2.05, 4.69) is 27.4 Å². The third-order valence-corrected chi connectivity index (χ3v) is 4.15. The van der Waals surface area contributed by atoms with Gasteiger partial charge in [-0.25, -0.2) is 4.98 Å². The van der Waals surface area contributed by atoms with Gasteiger partial charge in [-0.15, -0.1) is 12.4 Å². The van der Waals surface area contributed by atoms with Crippen LogP contribution in [0.1, 0.15) is 30.1 Å². The van der Waals surface area contributed by atoms with Gasteiger partial charge in [0.15, 0.2) is 5.82 Å². The maximum absolute atomic E-state index is 5.72. The van der Waals surface area contributed by atoms with Crippen molar-refractivity contribution in [2.75, 3.05) is 7.05 Å². The molecule has 3 aromatic heterocycles. The molecule has 3 heterocycles. The highest BCUT2D eigenvalue weighted by Gasteiger charge is 2.16. The van der Waals surface area contributed by atoms with Crippen LogP contribution in [0.25, 0.3) is 11.5 Å². The van der Waals surface area contributed by atoms with Crippen molar-refractivity contribution >= 4 is 23.7 Å². The number of aryl methyl sites for hydroxylation is 1. The van der Waals surface area contributed by atoms with Gasteiger partial charge in [0.1, 0.15) is 5.76 Å². The Bertz CT molecular complexity index is 739. The lowest BCUT2D eigenvalue weighted by Gasteiger charge is -2.04. The summed E-state index contributed by atoms with van der Waals surface area (Å²) in [4.78, 5) is 8.94. The fraction of sp³-hybridized carbons (Fsp3) is 0.400. The molecule has 0 fully saturated rings. The van der Waals surface area contributed by atoms with Crippen molar-refractivity contribution in [3.05, 3.63) is 40.0 Å². The monoisotopic (exact) mass is 354 g/mol. The van der Waals surface area contributed by atoms with Gasteiger partial charge in [-0.2, -0.15) is 16.3 Å². The van der Waals surface area contributed by atoms with Gasteiger partial charge >= 0.3 is 0 Å². The lowest BCUT2D eigenvalue weighted by Crippen LogP contribution is -2.24. The minimum atomic E-state index is 0. The summed E-state index contributed by atoms with van der Waals surface area (Å²) in [5.41, 5.74) is 1.83. The predicted octanol–water partition coefficient (Wildman–Crippen LogP) is 3.26. The van der Waals surface area contributed by atoms with Gasteiger partial charge in [-0.3, -0.25) is 0 Å². The molecule has 0 aromatic carbocycles. The number of thiophene rings is 1. The number of aromatic nitrogens is 3. The molecule has 124 valence electrons. The van der Waals surface area contributed by atoms with E-state index in [0.29, 0.717) is 30.1 Å². The zero-order chi connectivity index (χ0) is 15.5. The average molecular weight is 355 g/mol. The first-order valence-electron chi connectivity index (χ1n) is 7.13. The fourth-order valence-electron chi connectivity index (χ4n) is 2.07. The molecular formula is C15H19ClN4O2S. The van der Waals surface area contributed by atoms with Crippen LogP contribution in [0.3, 0.4) is 0 Å². The summed E-state index contributed by atoms with van der Waals surface area (Å²) in [6, 6.07) is 2.30. The summed E-state index contributed by atoms with van der Waals surface area (Å²) in [6.45, 7) is 3.98. The summed E-state index contributed by atoms with van der Waals surface area (Å²) in [7, 11) is 1.91. The van der Waals surface area contributed by atoms with Crippen molar-refractivity contribution < 1.29 is 8.94 Å². The van der Waals surface area contributed by atoms with Gasteiger partial charge in [-0.05, 0) is 32.3 Å². The number of nitrogens with one attached hydrogen (secondary N) is 1. The van der Waals surface area contributed by atoms with Gasteiger partial charge in [0.05, 0.1) is 12.1 Å². The third kappa shape index (κ3) is 4.19. The van der Waals surface area contributed by atoms with Crippen LogP contribution in [0.15, 0.2) is 25.8 Å². The van der Waals surface area contributed by atoms with Gasteiger partial charge in [0, 0.05) is 23.4 Å². The first-order chi connectivity index (χ1) is 10.7. The van der Waals surface area contributed by atoms with Crippen molar-refractivity contribution in [2.45, 2.75) is 32.7 Å². The average Bonchev–Trinajstić information content (AvgIpc) is 3.22. The van der Waals surface area contributed by atoms with Crippen molar-refractivity contribution in [1.82, 2.24) is 20.4 Å². The second kappa shape index (κ2) is 7.72. The summed E-state index contributed by atoms with van der Waals surface area (Å²) < 4.78 is 11.0. The standard InChI is InChI=1S/C15H18N4O2S.ClH/c1-9(16-3)6-13-18-14(21-19-13)7-12-10(2)20-15(17-12)11-4-5-22-8-11;/h4-5,8-9,16H,6-7H2,1-3H3;1H. The van der Waals surface area contributed by atoms with Gasteiger partial charge in [-0.1, -0.05) is 5.16 Å². The number of rotatable bonds is 6. The molecule has 1 atom stereocenters. The Hall–Kier alpha value is -1.70. The van der Waals surface area contributed by atoms with Crippen molar-refractivity contribution in [3.63, 3.8) is 0 Å². The van der Waals surface area contributed by atoms with Gasteiger partial charge < -0.3 is 14.3 Å². The smallest absolute Gasteiger partial charge is 0.232 e. The Kier molecular flexibility index (Phi) is 5.92. The lowest BCUT2D eigenvalue weighted by molar-refractivity contribution is 0.376. The van der Waals surface area contributed by atoms with E-state index in [9.17, 15) is 0 Å². The van der Waals surface area contributed by atoms with Crippen LogP contribution >= 0.6 is 23.7 Å². The van der Waals surface area contributed by atoms with Crippen molar-refractivity contribution in [3.8, 4) is 11.5 Å². The highest BCUT2D eigenvalue weighted by Crippen LogP contribution is 2.24. The predicted molar refractivity (Wildman–Crippen MR) is 91.1 cm³/mol. The van der Waals surface area contributed by atoms with Gasteiger partial charge in [0.25, 0.3) is 0 Å². The topological polar surface area (TPSA) is 77.0 Å². The molecule has 0 aliphatic rings. The largest absolute Gasteiger partial charge is 0.441 e.